The smallest absolute Gasteiger partial charge is 0.332 e. The Hall–Kier alpha value is -4.15. The van der Waals surface area contributed by atoms with Crippen LogP contribution in [0.2, 0.25) is 0 Å². The van der Waals surface area contributed by atoms with Crippen molar-refractivity contribution in [3.05, 3.63) is 53.9 Å². The van der Waals surface area contributed by atoms with E-state index in [4.69, 9.17) is 23.7 Å². The maximum Gasteiger partial charge on any atom is 0.332 e. The number of benzene rings is 1. The third kappa shape index (κ3) is 7.67. The monoisotopic (exact) mass is 528 g/mol. The van der Waals surface area contributed by atoms with Crippen molar-refractivity contribution in [2.45, 2.75) is 45.8 Å². The highest BCUT2D eigenvalue weighted by atomic mass is 16.7. The number of ether oxygens (including phenoxy) is 5. The zero-order valence-electron chi connectivity index (χ0n) is 21.8. The van der Waals surface area contributed by atoms with Crippen molar-refractivity contribution in [3.63, 3.8) is 0 Å². The minimum absolute atomic E-state index is 0.0891. The largest absolute Gasteiger partial charge is 0.493 e. The van der Waals surface area contributed by atoms with E-state index in [9.17, 15) is 19.2 Å². The lowest BCUT2D eigenvalue weighted by atomic mass is 9.94. The molecule has 2 heterocycles. The molecule has 1 saturated heterocycles. The molecular formula is C27H32N2O9. The zero-order valence-corrected chi connectivity index (χ0v) is 21.8. The average Bonchev–Trinajstić information content (AvgIpc) is 2.94. The first-order valence-corrected chi connectivity index (χ1v) is 12.2. The van der Waals surface area contributed by atoms with E-state index in [2.05, 4.69) is 10.3 Å². The van der Waals surface area contributed by atoms with Crippen LogP contribution in [0, 0.1) is 11.8 Å². The van der Waals surface area contributed by atoms with Crippen LogP contribution in [0.4, 0.5) is 0 Å². The number of aromatic nitrogens is 1. The van der Waals surface area contributed by atoms with Gasteiger partial charge in [-0.1, -0.05) is 44.2 Å². The van der Waals surface area contributed by atoms with Crippen molar-refractivity contribution < 1.29 is 42.9 Å². The van der Waals surface area contributed by atoms with Gasteiger partial charge in [-0.15, -0.1) is 0 Å². The van der Waals surface area contributed by atoms with Crippen LogP contribution >= 0.6 is 0 Å². The van der Waals surface area contributed by atoms with Crippen LogP contribution in [0.25, 0.3) is 0 Å². The Morgan fingerprint density at radius 2 is 1.87 bits per heavy atom. The summed E-state index contributed by atoms with van der Waals surface area (Å²) in [6.07, 6.45) is 1.42. The minimum atomic E-state index is -1.29. The van der Waals surface area contributed by atoms with Crippen LogP contribution in [-0.4, -0.2) is 61.5 Å². The van der Waals surface area contributed by atoms with Crippen molar-refractivity contribution in [1.29, 1.82) is 0 Å². The van der Waals surface area contributed by atoms with Crippen LogP contribution in [0.3, 0.4) is 0 Å². The minimum Gasteiger partial charge on any atom is -0.493 e. The Morgan fingerprint density at radius 1 is 1.13 bits per heavy atom. The lowest BCUT2D eigenvalue weighted by Crippen LogP contribution is -2.46. The lowest BCUT2D eigenvalue weighted by Gasteiger charge is -2.19. The summed E-state index contributed by atoms with van der Waals surface area (Å²) in [5, 5.41) is 2.50. The van der Waals surface area contributed by atoms with Crippen LogP contribution in [0.1, 0.15) is 43.2 Å². The third-order valence-electron chi connectivity index (χ3n) is 5.75. The molecule has 38 heavy (non-hydrogen) atoms. The van der Waals surface area contributed by atoms with Crippen molar-refractivity contribution in [3.8, 4) is 11.5 Å². The summed E-state index contributed by atoms with van der Waals surface area (Å²) in [6, 6.07) is 9.63. The number of carbonyl (C=O) groups excluding carboxylic acids is 4. The molecular weight excluding hydrogens is 496 g/mol. The van der Waals surface area contributed by atoms with E-state index in [-0.39, 0.29) is 29.5 Å². The molecule has 1 aliphatic heterocycles. The molecule has 1 aromatic heterocycles. The fraction of sp³-hybridized carbons (Fsp3) is 0.444. The fourth-order valence-corrected chi connectivity index (χ4v) is 3.77. The van der Waals surface area contributed by atoms with Crippen LogP contribution in [-0.2, 0) is 35.0 Å². The summed E-state index contributed by atoms with van der Waals surface area (Å²) in [5.74, 6) is -3.37. The van der Waals surface area contributed by atoms with Gasteiger partial charge in [0.15, 0.2) is 23.2 Å². The summed E-state index contributed by atoms with van der Waals surface area (Å²) in [6.45, 7) is 4.11. The van der Waals surface area contributed by atoms with Gasteiger partial charge < -0.3 is 29.0 Å². The molecule has 3 atom stereocenters. The lowest BCUT2D eigenvalue weighted by molar-refractivity contribution is -0.154. The molecule has 11 nitrogen and oxygen atoms in total. The summed E-state index contributed by atoms with van der Waals surface area (Å²) < 4.78 is 26.7. The summed E-state index contributed by atoms with van der Waals surface area (Å²) >= 11 is 0. The molecule has 1 fully saturated rings. The number of carbonyl (C=O) groups is 4. The van der Waals surface area contributed by atoms with E-state index in [1.165, 1.54) is 19.4 Å². The van der Waals surface area contributed by atoms with Gasteiger partial charge in [0.25, 0.3) is 5.91 Å². The predicted octanol–water partition coefficient (Wildman–Crippen LogP) is 2.46. The number of esters is 3. The quantitative estimate of drug-likeness (QED) is 0.293. The second kappa shape index (κ2) is 13.4. The van der Waals surface area contributed by atoms with Crippen molar-refractivity contribution in [1.82, 2.24) is 10.3 Å². The third-order valence-corrected chi connectivity index (χ3v) is 5.75. The molecule has 0 spiro atoms. The summed E-state index contributed by atoms with van der Waals surface area (Å²) in [5.41, 5.74) is 0.728. The van der Waals surface area contributed by atoms with Gasteiger partial charge in [0.05, 0.1) is 25.0 Å². The highest BCUT2D eigenvalue weighted by Crippen LogP contribution is 2.30. The average molecular weight is 529 g/mol. The van der Waals surface area contributed by atoms with E-state index in [0.717, 1.165) is 5.56 Å². The van der Waals surface area contributed by atoms with E-state index < -0.39 is 55.3 Å². The van der Waals surface area contributed by atoms with Gasteiger partial charge in [0, 0.05) is 12.3 Å². The summed E-state index contributed by atoms with van der Waals surface area (Å²) in [7, 11) is 1.37. The van der Waals surface area contributed by atoms with Crippen molar-refractivity contribution >= 4 is 23.8 Å². The molecule has 1 aromatic carbocycles. The number of hydrogen-bond acceptors (Lipinski definition) is 10. The number of amides is 1. The molecule has 0 saturated carbocycles. The van der Waals surface area contributed by atoms with Crippen LogP contribution < -0.4 is 14.8 Å². The standard InChI is InChI=1S/C27H32N2O9/c1-16(2)25(31)37-15-36-23-21(34-4)10-11-28-22(23)24(30)29-20-14-35-26(32)19(12-17(3)38-27(20)33)13-18-8-6-5-7-9-18/h5-11,16-17,19-20H,12-15H2,1-4H3,(H,29,30)/t17-,19-,20-/m0/s1. The van der Waals surface area contributed by atoms with Gasteiger partial charge in [0.1, 0.15) is 6.61 Å². The highest BCUT2D eigenvalue weighted by Gasteiger charge is 2.33. The first kappa shape index (κ1) is 28.4. The topological polar surface area (TPSA) is 139 Å². The van der Waals surface area contributed by atoms with Gasteiger partial charge >= 0.3 is 17.9 Å². The molecule has 1 N–H and O–H groups in total. The molecule has 1 amide bonds. The number of cyclic esters (lactones) is 2. The summed E-state index contributed by atoms with van der Waals surface area (Å²) in [4.78, 5) is 54.6. The van der Waals surface area contributed by atoms with E-state index in [0.29, 0.717) is 6.42 Å². The Kier molecular flexibility index (Phi) is 10.0. The van der Waals surface area contributed by atoms with Gasteiger partial charge in [-0.05, 0) is 25.3 Å². The van der Waals surface area contributed by atoms with Crippen molar-refractivity contribution in [2.75, 3.05) is 20.5 Å². The molecule has 11 heteroatoms. The fourth-order valence-electron chi connectivity index (χ4n) is 3.77. The normalized spacial score (nSPS) is 19.8. The molecule has 204 valence electrons. The predicted molar refractivity (Wildman–Crippen MR) is 133 cm³/mol. The molecule has 0 unspecified atom stereocenters. The Morgan fingerprint density at radius 3 is 2.55 bits per heavy atom. The van der Waals surface area contributed by atoms with Gasteiger partial charge in [-0.25, -0.2) is 9.78 Å². The van der Waals surface area contributed by atoms with Crippen LogP contribution in [0.5, 0.6) is 11.5 Å². The van der Waals surface area contributed by atoms with Gasteiger partial charge in [-0.2, -0.15) is 0 Å². The molecule has 3 rings (SSSR count). The van der Waals surface area contributed by atoms with E-state index in [1.54, 1.807) is 20.8 Å². The molecule has 1 aliphatic rings. The van der Waals surface area contributed by atoms with Crippen molar-refractivity contribution in [2.24, 2.45) is 11.8 Å². The molecule has 0 aliphatic carbocycles. The Labute approximate surface area is 220 Å². The molecule has 0 radical (unpaired) electrons. The maximum absolute atomic E-state index is 13.1. The Bertz CT molecular complexity index is 1140. The number of methoxy groups -OCH3 is 1. The van der Waals surface area contributed by atoms with E-state index >= 15 is 0 Å². The first-order chi connectivity index (χ1) is 18.2. The number of nitrogens with zero attached hydrogens (tertiary/aromatic N) is 1. The number of rotatable bonds is 9. The second-order valence-corrected chi connectivity index (χ2v) is 9.10. The zero-order chi connectivity index (χ0) is 27.7. The molecule has 2 aromatic rings. The van der Waals surface area contributed by atoms with Crippen LogP contribution in [0.15, 0.2) is 42.6 Å². The van der Waals surface area contributed by atoms with E-state index in [1.807, 2.05) is 30.3 Å². The maximum atomic E-state index is 13.1. The number of pyridine rings is 1. The number of nitrogens with one attached hydrogen (secondary N) is 1. The number of hydrogen-bond donors (Lipinski definition) is 1. The molecule has 0 bridgehead atoms. The Balaban J connectivity index is 1.73. The van der Waals surface area contributed by atoms with Gasteiger partial charge in [-0.3, -0.25) is 14.4 Å². The van der Waals surface area contributed by atoms with Gasteiger partial charge in [0.2, 0.25) is 6.79 Å². The second-order valence-electron chi connectivity index (χ2n) is 9.10. The SMILES string of the molecule is COc1ccnc(C(=O)N[C@H]2COC(=O)[C@H](Cc3ccccc3)C[C@H](C)OC2=O)c1OCOC(=O)C(C)C. The first-order valence-electron chi connectivity index (χ1n) is 12.2. The highest BCUT2D eigenvalue weighted by molar-refractivity contribution is 5.98.